The van der Waals surface area contributed by atoms with E-state index in [4.69, 9.17) is 21.4 Å². The molecule has 2 aromatic carbocycles. The summed E-state index contributed by atoms with van der Waals surface area (Å²) >= 11 is 0. The van der Waals surface area contributed by atoms with E-state index in [0.717, 1.165) is 78.4 Å². The second kappa shape index (κ2) is 12.2. The molecule has 0 bridgehead atoms. The maximum Gasteiger partial charge on any atom is 0.165 e. The Morgan fingerprint density at radius 1 is 0.846 bits per heavy atom. The molecule has 4 N–H and O–H groups in total. The number of pyridine rings is 2. The summed E-state index contributed by atoms with van der Waals surface area (Å²) in [5.41, 5.74) is 19.1. The molecule has 0 amide bonds. The molecule has 0 radical (unpaired) electrons. The lowest BCUT2D eigenvalue weighted by Crippen LogP contribution is -2.26. The fourth-order valence-corrected chi connectivity index (χ4v) is 5.11. The molecule has 0 spiro atoms. The fraction of sp³-hybridized carbons (Fsp3) is 0.281. The van der Waals surface area contributed by atoms with Gasteiger partial charge in [0.25, 0.3) is 0 Å². The Morgan fingerprint density at radius 2 is 1.64 bits per heavy atom. The summed E-state index contributed by atoms with van der Waals surface area (Å²) in [7, 11) is 0. The highest BCUT2D eigenvalue weighted by Gasteiger charge is 2.19. The minimum atomic E-state index is 0.327. The van der Waals surface area contributed by atoms with Crippen LogP contribution in [0.1, 0.15) is 38.7 Å². The molecule has 7 nitrogen and oxygen atoms in total. The van der Waals surface area contributed by atoms with Crippen LogP contribution in [0.2, 0.25) is 0 Å². The van der Waals surface area contributed by atoms with Gasteiger partial charge in [-0.25, -0.2) is 15.0 Å². The molecule has 200 valence electrons. The molecule has 1 unspecified atom stereocenters. The van der Waals surface area contributed by atoms with Crippen LogP contribution in [0, 0.1) is 0 Å². The average molecular weight is 520 g/mol. The Hall–Kier alpha value is -4.07. The number of rotatable bonds is 5. The first-order chi connectivity index (χ1) is 19.2. The first-order valence-corrected chi connectivity index (χ1v) is 13.9. The quantitative estimate of drug-likeness (QED) is 0.292. The Bertz CT molecular complexity index is 1510. The highest BCUT2D eigenvalue weighted by Crippen LogP contribution is 2.32. The molecular formula is C32H37N7. The zero-order chi connectivity index (χ0) is 27.2. The average Bonchev–Trinajstić information content (AvgIpc) is 3.24. The van der Waals surface area contributed by atoms with Gasteiger partial charge in [-0.3, -0.25) is 9.47 Å². The summed E-state index contributed by atoms with van der Waals surface area (Å²) in [6.07, 6.45) is 5.03. The second-order valence-corrected chi connectivity index (χ2v) is 9.75. The third kappa shape index (κ3) is 5.85. The van der Waals surface area contributed by atoms with Gasteiger partial charge in [-0.1, -0.05) is 56.3 Å². The number of hydrogen-bond donors (Lipinski definition) is 2. The lowest BCUT2D eigenvalue weighted by Gasteiger charge is -2.20. The van der Waals surface area contributed by atoms with Crippen LogP contribution in [0.25, 0.3) is 39.5 Å². The van der Waals surface area contributed by atoms with Crippen molar-refractivity contribution >= 4 is 17.0 Å². The van der Waals surface area contributed by atoms with Gasteiger partial charge in [0.2, 0.25) is 0 Å². The molecule has 39 heavy (non-hydrogen) atoms. The largest absolute Gasteiger partial charge is 0.383 e. The molecule has 1 fully saturated rings. The number of aromatic nitrogens is 4. The third-order valence-electron chi connectivity index (χ3n) is 7.12. The highest BCUT2D eigenvalue weighted by atomic mass is 15.1. The molecular weight excluding hydrogens is 482 g/mol. The SMILES string of the molecule is CC.Nc1ncccc1-c1nc2ccc(-c3ccccc3)nc2n1-c1ccc(CN2CCCC(N)CC2)cc1. The fourth-order valence-electron chi connectivity index (χ4n) is 5.11. The van der Waals surface area contributed by atoms with Crippen molar-refractivity contribution < 1.29 is 0 Å². The van der Waals surface area contributed by atoms with Crippen molar-refractivity contribution in [2.24, 2.45) is 5.73 Å². The van der Waals surface area contributed by atoms with E-state index >= 15 is 0 Å². The van der Waals surface area contributed by atoms with E-state index in [9.17, 15) is 0 Å². The maximum absolute atomic E-state index is 6.29. The molecule has 6 rings (SSSR count). The van der Waals surface area contributed by atoms with E-state index in [0.29, 0.717) is 11.9 Å². The van der Waals surface area contributed by atoms with Crippen molar-refractivity contribution in [2.75, 3.05) is 18.8 Å². The molecule has 1 aliphatic heterocycles. The normalized spacial score (nSPS) is 15.9. The minimum absolute atomic E-state index is 0.327. The predicted molar refractivity (Wildman–Crippen MR) is 160 cm³/mol. The summed E-state index contributed by atoms with van der Waals surface area (Å²) in [5.74, 6) is 1.17. The van der Waals surface area contributed by atoms with E-state index in [-0.39, 0.29) is 0 Å². The van der Waals surface area contributed by atoms with E-state index in [1.165, 1.54) is 5.56 Å². The van der Waals surface area contributed by atoms with Crippen LogP contribution in [0.3, 0.4) is 0 Å². The molecule has 3 aromatic heterocycles. The van der Waals surface area contributed by atoms with Crippen molar-refractivity contribution in [1.82, 2.24) is 24.4 Å². The highest BCUT2D eigenvalue weighted by molar-refractivity contribution is 5.84. The van der Waals surface area contributed by atoms with Crippen molar-refractivity contribution in [3.05, 3.63) is 90.6 Å². The van der Waals surface area contributed by atoms with Crippen LogP contribution in [-0.2, 0) is 6.54 Å². The lowest BCUT2D eigenvalue weighted by molar-refractivity contribution is 0.276. The van der Waals surface area contributed by atoms with Crippen LogP contribution in [0.5, 0.6) is 0 Å². The molecule has 5 aromatic rings. The van der Waals surface area contributed by atoms with Gasteiger partial charge < -0.3 is 11.5 Å². The monoisotopic (exact) mass is 519 g/mol. The van der Waals surface area contributed by atoms with Gasteiger partial charge in [-0.2, -0.15) is 0 Å². The summed E-state index contributed by atoms with van der Waals surface area (Å²) in [6, 6.07) is 27.1. The Labute approximate surface area is 230 Å². The van der Waals surface area contributed by atoms with Crippen LogP contribution in [0.15, 0.2) is 85.1 Å². The number of hydrogen-bond acceptors (Lipinski definition) is 6. The van der Waals surface area contributed by atoms with Crippen molar-refractivity contribution in [3.8, 4) is 28.3 Å². The number of benzene rings is 2. The number of anilines is 1. The number of imidazole rings is 1. The molecule has 0 saturated carbocycles. The molecule has 1 saturated heterocycles. The van der Waals surface area contributed by atoms with Gasteiger partial charge in [0, 0.05) is 30.0 Å². The van der Waals surface area contributed by atoms with E-state index in [2.05, 4.69) is 50.8 Å². The summed E-state index contributed by atoms with van der Waals surface area (Å²) in [6.45, 7) is 7.07. The molecule has 0 aliphatic carbocycles. The van der Waals surface area contributed by atoms with Crippen LogP contribution < -0.4 is 11.5 Å². The van der Waals surface area contributed by atoms with E-state index in [1.807, 2.05) is 56.3 Å². The van der Waals surface area contributed by atoms with Crippen molar-refractivity contribution in [3.63, 3.8) is 0 Å². The predicted octanol–water partition coefficient (Wildman–Crippen LogP) is 6.07. The minimum Gasteiger partial charge on any atom is -0.383 e. The molecule has 4 heterocycles. The lowest BCUT2D eigenvalue weighted by atomic mass is 10.1. The van der Waals surface area contributed by atoms with E-state index < -0.39 is 0 Å². The number of nitrogens with zero attached hydrogens (tertiary/aromatic N) is 5. The maximum atomic E-state index is 6.29. The zero-order valence-electron chi connectivity index (χ0n) is 22.8. The van der Waals surface area contributed by atoms with Gasteiger partial charge >= 0.3 is 0 Å². The summed E-state index contributed by atoms with van der Waals surface area (Å²) in [5, 5.41) is 0. The topological polar surface area (TPSA) is 98.9 Å². The number of nitrogens with two attached hydrogens (primary N) is 2. The first-order valence-electron chi connectivity index (χ1n) is 13.9. The van der Waals surface area contributed by atoms with E-state index in [1.54, 1.807) is 6.20 Å². The Balaban J connectivity index is 0.00000151. The van der Waals surface area contributed by atoms with Crippen LogP contribution >= 0.6 is 0 Å². The van der Waals surface area contributed by atoms with Gasteiger partial charge in [-0.15, -0.1) is 0 Å². The zero-order valence-corrected chi connectivity index (χ0v) is 22.8. The smallest absolute Gasteiger partial charge is 0.165 e. The van der Waals surface area contributed by atoms with Crippen molar-refractivity contribution in [2.45, 2.75) is 45.7 Å². The van der Waals surface area contributed by atoms with Crippen LogP contribution in [0.4, 0.5) is 5.82 Å². The van der Waals surface area contributed by atoms with Crippen molar-refractivity contribution in [1.29, 1.82) is 0 Å². The van der Waals surface area contributed by atoms with Crippen LogP contribution in [-0.4, -0.2) is 43.6 Å². The second-order valence-electron chi connectivity index (χ2n) is 9.75. The standard InChI is InChI=1S/C30H31N7.C2H6/c31-23-8-5-18-36(19-16-23)20-21-10-12-24(13-11-21)37-29(25-9-4-17-33-28(25)32)35-27-15-14-26(34-30(27)37)22-6-2-1-3-7-22;1-2/h1-4,6-7,9-15,17,23H,5,8,16,18-20,31H2,(H2,32,33);1-2H3. The summed E-state index contributed by atoms with van der Waals surface area (Å²) < 4.78 is 2.09. The van der Waals surface area contributed by atoms with Gasteiger partial charge in [-0.05, 0) is 74.3 Å². The summed E-state index contributed by atoms with van der Waals surface area (Å²) in [4.78, 5) is 16.8. The Kier molecular flexibility index (Phi) is 8.30. The van der Waals surface area contributed by atoms with Gasteiger partial charge in [0.15, 0.2) is 11.5 Å². The number of nitrogen functional groups attached to an aromatic ring is 1. The molecule has 1 aliphatic rings. The first kappa shape index (κ1) is 26.5. The number of likely N-dealkylation sites (tertiary alicyclic amines) is 1. The Morgan fingerprint density at radius 3 is 2.41 bits per heavy atom. The molecule has 7 heteroatoms. The third-order valence-corrected chi connectivity index (χ3v) is 7.12. The van der Waals surface area contributed by atoms with Gasteiger partial charge in [0.05, 0.1) is 11.3 Å². The number of fused-ring (bicyclic) bond motifs is 1. The van der Waals surface area contributed by atoms with Gasteiger partial charge in [0.1, 0.15) is 11.3 Å². The molecule has 1 atom stereocenters.